The maximum absolute atomic E-state index is 11.0. The molecule has 0 spiro atoms. The number of ether oxygens (including phenoxy) is 2. The van der Waals surface area contributed by atoms with E-state index in [1.807, 2.05) is 29.6 Å². The van der Waals surface area contributed by atoms with Crippen LogP contribution in [-0.4, -0.2) is 35.8 Å². The number of methoxy groups -OCH3 is 2. The first-order chi connectivity index (χ1) is 9.68. The Kier molecular flexibility index (Phi) is 7.71. The van der Waals surface area contributed by atoms with Gasteiger partial charge in [-0.2, -0.15) is 0 Å². The highest BCUT2D eigenvalue weighted by Crippen LogP contribution is 2.50. The SMILES string of the molecule is C=C/C=C(\OC)C1(CCC#CC(=O)OC)SCCCS1. The minimum atomic E-state index is -0.489. The molecule has 0 amide bonds. The number of hydrogen-bond donors (Lipinski definition) is 0. The summed E-state index contributed by atoms with van der Waals surface area (Å²) in [5.41, 5.74) is 0. The van der Waals surface area contributed by atoms with E-state index in [9.17, 15) is 4.79 Å². The lowest BCUT2D eigenvalue weighted by Crippen LogP contribution is -2.28. The van der Waals surface area contributed by atoms with Gasteiger partial charge < -0.3 is 9.47 Å². The summed E-state index contributed by atoms with van der Waals surface area (Å²) in [6.45, 7) is 3.74. The first-order valence-corrected chi connectivity index (χ1v) is 8.37. The maximum atomic E-state index is 11.0. The van der Waals surface area contributed by atoms with Gasteiger partial charge in [0.25, 0.3) is 0 Å². The summed E-state index contributed by atoms with van der Waals surface area (Å²) in [6.07, 6.45) is 6.33. The van der Waals surface area contributed by atoms with Crippen LogP contribution in [0, 0.1) is 11.8 Å². The topological polar surface area (TPSA) is 35.5 Å². The van der Waals surface area contributed by atoms with E-state index in [1.54, 1.807) is 13.2 Å². The van der Waals surface area contributed by atoms with Crippen molar-refractivity contribution in [2.24, 2.45) is 0 Å². The molecule has 20 heavy (non-hydrogen) atoms. The highest BCUT2D eigenvalue weighted by molar-refractivity contribution is 8.19. The Morgan fingerprint density at radius 2 is 2.05 bits per heavy atom. The standard InChI is InChI=1S/C15H20O3S2/c1-4-8-13(17-2)15(19-11-7-12-20-15)10-6-5-9-14(16)18-3/h4,8H,1,6-7,10-12H2,2-3H3/b13-8-. The van der Waals surface area contributed by atoms with Crippen LogP contribution in [0.2, 0.25) is 0 Å². The van der Waals surface area contributed by atoms with Gasteiger partial charge in [0, 0.05) is 12.3 Å². The van der Waals surface area contributed by atoms with Crippen molar-refractivity contribution in [1.29, 1.82) is 0 Å². The van der Waals surface area contributed by atoms with E-state index in [-0.39, 0.29) is 4.08 Å². The van der Waals surface area contributed by atoms with Crippen molar-refractivity contribution < 1.29 is 14.3 Å². The molecule has 1 aliphatic heterocycles. The quantitative estimate of drug-likeness (QED) is 0.256. The summed E-state index contributed by atoms with van der Waals surface area (Å²) in [4.78, 5) is 11.0. The summed E-state index contributed by atoms with van der Waals surface area (Å²) in [5.74, 6) is 7.98. The second kappa shape index (κ2) is 9.04. The zero-order valence-electron chi connectivity index (χ0n) is 11.9. The largest absolute Gasteiger partial charge is 0.499 e. The van der Waals surface area contributed by atoms with E-state index in [2.05, 4.69) is 23.2 Å². The minimum absolute atomic E-state index is 0.119. The van der Waals surface area contributed by atoms with Crippen molar-refractivity contribution >= 4 is 29.5 Å². The van der Waals surface area contributed by atoms with Crippen molar-refractivity contribution in [2.75, 3.05) is 25.7 Å². The van der Waals surface area contributed by atoms with Crippen LogP contribution in [0.25, 0.3) is 0 Å². The second-order valence-electron chi connectivity index (χ2n) is 4.07. The van der Waals surface area contributed by atoms with Gasteiger partial charge in [0.1, 0.15) is 9.84 Å². The van der Waals surface area contributed by atoms with Gasteiger partial charge in [-0.25, -0.2) is 4.79 Å². The van der Waals surface area contributed by atoms with Gasteiger partial charge in [-0.15, -0.1) is 23.5 Å². The molecular formula is C15H20O3S2. The monoisotopic (exact) mass is 312 g/mol. The second-order valence-corrected chi connectivity index (χ2v) is 7.11. The molecule has 1 fully saturated rings. The number of carbonyl (C=O) groups is 1. The molecule has 1 saturated heterocycles. The van der Waals surface area contributed by atoms with E-state index in [4.69, 9.17) is 4.74 Å². The first kappa shape index (κ1) is 17.1. The number of rotatable bonds is 5. The molecular weight excluding hydrogens is 292 g/mol. The highest BCUT2D eigenvalue weighted by Gasteiger charge is 2.38. The highest BCUT2D eigenvalue weighted by atomic mass is 32.2. The van der Waals surface area contributed by atoms with Crippen molar-refractivity contribution in [2.45, 2.75) is 23.3 Å². The van der Waals surface area contributed by atoms with Crippen LogP contribution >= 0.6 is 23.5 Å². The molecule has 1 aliphatic rings. The fourth-order valence-electron chi connectivity index (χ4n) is 1.85. The third kappa shape index (κ3) is 4.84. The number of thioether (sulfide) groups is 2. The van der Waals surface area contributed by atoms with E-state index in [0.29, 0.717) is 6.42 Å². The van der Waals surface area contributed by atoms with E-state index < -0.39 is 5.97 Å². The number of esters is 1. The molecule has 1 rings (SSSR count). The summed E-state index contributed by atoms with van der Waals surface area (Å²) < 4.78 is 9.92. The van der Waals surface area contributed by atoms with Crippen molar-refractivity contribution in [3.05, 3.63) is 24.5 Å². The predicted octanol–water partition coefficient (Wildman–Crippen LogP) is 3.23. The summed E-state index contributed by atoms with van der Waals surface area (Å²) in [5, 5.41) is 0. The molecule has 0 atom stereocenters. The van der Waals surface area contributed by atoms with Crippen LogP contribution < -0.4 is 0 Å². The number of carbonyl (C=O) groups excluding carboxylic acids is 1. The molecule has 0 N–H and O–H groups in total. The van der Waals surface area contributed by atoms with Crippen molar-refractivity contribution in [3.63, 3.8) is 0 Å². The Morgan fingerprint density at radius 1 is 1.35 bits per heavy atom. The van der Waals surface area contributed by atoms with Crippen molar-refractivity contribution in [1.82, 2.24) is 0 Å². The molecule has 110 valence electrons. The summed E-state index contributed by atoms with van der Waals surface area (Å²) in [7, 11) is 3.02. The summed E-state index contributed by atoms with van der Waals surface area (Å²) >= 11 is 3.77. The molecule has 0 aromatic rings. The zero-order chi connectivity index (χ0) is 14.8. The molecule has 0 bridgehead atoms. The van der Waals surface area contributed by atoms with Gasteiger partial charge in [-0.05, 0) is 30.4 Å². The van der Waals surface area contributed by atoms with Crippen molar-refractivity contribution in [3.8, 4) is 11.8 Å². The Labute approximate surface area is 129 Å². The average Bonchev–Trinajstić information content (AvgIpc) is 2.49. The molecule has 3 nitrogen and oxygen atoms in total. The molecule has 5 heteroatoms. The lowest BCUT2D eigenvalue weighted by Gasteiger charge is -2.36. The normalized spacial score (nSPS) is 17.6. The molecule has 1 heterocycles. The van der Waals surface area contributed by atoms with Gasteiger partial charge in [0.2, 0.25) is 0 Å². The van der Waals surface area contributed by atoms with Gasteiger partial charge in [-0.3, -0.25) is 0 Å². The Bertz CT molecular complexity index is 426. The van der Waals surface area contributed by atoms with Crippen LogP contribution in [0.4, 0.5) is 0 Å². The van der Waals surface area contributed by atoms with Gasteiger partial charge >= 0.3 is 5.97 Å². The van der Waals surface area contributed by atoms with Crippen LogP contribution in [0.15, 0.2) is 24.5 Å². The molecule has 0 radical (unpaired) electrons. The molecule has 0 aliphatic carbocycles. The molecule has 0 aromatic carbocycles. The average molecular weight is 312 g/mol. The van der Waals surface area contributed by atoms with Gasteiger partial charge in [0.15, 0.2) is 0 Å². The van der Waals surface area contributed by atoms with Crippen LogP contribution in [0.1, 0.15) is 19.3 Å². The number of allylic oxidation sites excluding steroid dienone is 2. The Morgan fingerprint density at radius 3 is 2.60 bits per heavy atom. The molecule has 0 unspecified atom stereocenters. The molecule has 0 saturated carbocycles. The van der Waals surface area contributed by atoms with Gasteiger partial charge in [0.05, 0.1) is 14.2 Å². The van der Waals surface area contributed by atoms with E-state index >= 15 is 0 Å². The smallest absolute Gasteiger partial charge is 0.384 e. The number of hydrogen-bond acceptors (Lipinski definition) is 5. The fourth-order valence-corrected chi connectivity index (χ4v) is 5.19. The third-order valence-corrected chi connectivity index (χ3v) is 6.21. The van der Waals surface area contributed by atoms with Gasteiger partial charge in [-0.1, -0.05) is 18.6 Å². The molecule has 0 aromatic heterocycles. The third-order valence-electron chi connectivity index (χ3n) is 2.78. The van der Waals surface area contributed by atoms with E-state index in [0.717, 1.165) is 23.7 Å². The summed E-state index contributed by atoms with van der Waals surface area (Å²) in [6, 6.07) is 0. The van der Waals surface area contributed by atoms with Crippen LogP contribution in [0.5, 0.6) is 0 Å². The lowest BCUT2D eigenvalue weighted by molar-refractivity contribution is -0.133. The van der Waals surface area contributed by atoms with E-state index in [1.165, 1.54) is 13.5 Å². The van der Waals surface area contributed by atoms with Crippen LogP contribution in [-0.2, 0) is 14.3 Å². The lowest BCUT2D eigenvalue weighted by atomic mass is 10.2. The Balaban J connectivity index is 2.78. The fraction of sp³-hybridized carbons (Fsp3) is 0.533. The zero-order valence-corrected chi connectivity index (χ0v) is 13.6. The van der Waals surface area contributed by atoms with Crippen LogP contribution in [0.3, 0.4) is 0 Å². The first-order valence-electron chi connectivity index (χ1n) is 6.40. The predicted molar refractivity (Wildman–Crippen MR) is 86.6 cm³/mol. The Hall–Kier alpha value is -0.990. The maximum Gasteiger partial charge on any atom is 0.384 e. The minimum Gasteiger partial charge on any atom is -0.499 e.